The number of hydrogen-bond acceptors (Lipinski definition) is 0. The van der Waals surface area contributed by atoms with E-state index in [0.29, 0.717) is 0 Å². The van der Waals surface area contributed by atoms with E-state index in [4.69, 9.17) is 0 Å². The first-order valence-corrected chi connectivity index (χ1v) is 0. The van der Waals surface area contributed by atoms with E-state index in [-0.39, 0.29) is 90.2 Å². The SMILES string of the molecule is Cl.O.O.O.O.O.O.O.O.O.O.[MgH2]. The third kappa shape index (κ3) is 2310. The van der Waals surface area contributed by atoms with Gasteiger partial charge in [0.05, 0.1) is 0 Å². The average Bonchev–Trinajstić information content (AvgIpc) is 0. The van der Waals surface area contributed by atoms with E-state index in [1.54, 1.807) is 0 Å². The predicted molar refractivity (Wildman–Crippen MR) is 51.9 cm³/mol. The van der Waals surface area contributed by atoms with Gasteiger partial charge < -0.3 is 54.8 Å². The third-order valence-corrected chi connectivity index (χ3v) is 0. The van der Waals surface area contributed by atoms with Gasteiger partial charge in [0.2, 0.25) is 0 Å². The van der Waals surface area contributed by atoms with Crippen LogP contribution in [0.2, 0.25) is 0 Å². The molecule has 0 saturated heterocycles. The van der Waals surface area contributed by atoms with E-state index in [0.717, 1.165) is 0 Å². The summed E-state index contributed by atoms with van der Waals surface area (Å²) in [4.78, 5) is 0. The molecule has 0 radical (unpaired) electrons. The van der Waals surface area contributed by atoms with Crippen molar-refractivity contribution in [1.29, 1.82) is 0 Å². The van der Waals surface area contributed by atoms with E-state index >= 15 is 0 Å². The molecular weight excluding hydrogens is 220 g/mol. The molecule has 0 aromatic carbocycles. The standard InChI is InChI=1S/ClH.Mg.10H2O.2H/h1H;;10*1H2;;. The minimum atomic E-state index is 0. The van der Waals surface area contributed by atoms with Crippen LogP contribution in [0.1, 0.15) is 0 Å². The Bertz CT molecular complexity index is 9.80. The molecule has 0 atom stereocenters. The Hall–Kier alpha value is 0.656. The molecule has 0 spiro atoms. The molecule has 0 bridgehead atoms. The predicted octanol–water partition coefficient (Wildman–Crippen LogP) is -8.74. The topological polar surface area (TPSA) is 315 Å². The molecule has 12 heavy (non-hydrogen) atoms. The second kappa shape index (κ2) is 3070. The van der Waals surface area contributed by atoms with Crippen molar-refractivity contribution < 1.29 is 54.8 Å². The summed E-state index contributed by atoms with van der Waals surface area (Å²) in [5.74, 6) is 0. The van der Waals surface area contributed by atoms with Gasteiger partial charge in [-0.15, -0.1) is 12.4 Å². The van der Waals surface area contributed by atoms with Gasteiger partial charge in [0, 0.05) is 0 Å². The molecule has 0 unspecified atom stereocenters. The van der Waals surface area contributed by atoms with Crippen LogP contribution in [0.3, 0.4) is 0 Å². The van der Waals surface area contributed by atoms with Crippen LogP contribution in [0.4, 0.5) is 0 Å². The first kappa shape index (κ1) is 3990. The minimum absolute atomic E-state index is 0. The molecule has 12 heteroatoms. The maximum absolute atomic E-state index is 0. The van der Waals surface area contributed by atoms with Crippen LogP contribution < -0.4 is 0 Å². The number of rotatable bonds is 0. The summed E-state index contributed by atoms with van der Waals surface area (Å²) < 4.78 is 0. The van der Waals surface area contributed by atoms with E-state index in [2.05, 4.69) is 0 Å². The highest BCUT2D eigenvalue weighted by molar-refractivity contribution is 5.85. The zero-order valence-electron chi connectivity index (χ0n) is 5.41. The Morgan fingerprint density at radius 2 is 0.250 bits per heavy atom. The van der Waals surface area contributed by atoms with Gasteiger partial charge in [0.1, 0.15) is 0 Å². The Morgan fingerprint density at radius 3 is 0.250 bits per heavy atom. The van der Waals surface area contributed by atoms with Crippen molar-refractivity contribution in [3.63, 3.8) is 0 Å². The van der Waals surface area contributed by atoms with E-state index < -0.39 is 0 Å². The van der Waals surface area contributed by atoms with Crippen LogP contribution in [-0.4, -0.2) is 77.8 Å². The van der Waals surface area contributed by atoms with E-state index in [1.165, 1.54) is 0 Å². The number of hydrogen-bond donors (Lipinski definition) is 0. The van der Waals surface area contributed by atoms with Gasteiger partial charge >= 0.3 is 23.1 Å². The summed E-state index contributed by atoms with van der Waals surface area (Å²) in [5, 5.41) is 0. The molecule has 10 nitrogen and oxygen atoms in total. The van der Waals surface area contributed by atoms with Crippen molar-refractivity contribution >= 4 is 35.5 Å². The first-order valence-electron chi connectivity index (χ1n) is 0. The molecule has 0 saturated carbocycles. The lowest BCUT2D eigenvalue weighted by Gasteiger charge is -0.413. The van der Waals surface area contributed by atoms with Gasteiger partial charge in [-0.1, -0.05) is 0 Å². The van der Waals surface area contributed by atoms with Gasteiger partial charge in [-0.2, -0.15) is 0 Å². The van der Waals surface area contributed by atoms with Crippen LogP contribution in [-0.2, 0) is 0 Å². The Morgan fingerprint density at radius 1 is 0.250 bits per heavy atom. The summed E-state index contributed by atoms with van der Waals surface area (Å²) >= 11 is 0. The largest absolute Gasteiger partial charge is 0.412 e. The second-order valence-electron chi connectivity index (χ2n) is 0. The summed E-state index contributed by atoms with van der Waals surface area (Å²) in [6.07, 6.45) is 0. The van der Waals surface area contributed by atoms with Crippen LogP contribution in [0.25, 0.3) is 0 Å². The van der Waals surface area contributed by atoms with Crippen molar-refractivity contribution in [2.24, 2.45) is 0 Å². The van der Waals surface area contributed by atoms with Crippen molar-refractivity contribution in [2.45, 2.75) is 0 Å². The molecule has 0 aliphatic carbocycles. The first-order chi connectivity index (χ1) is 0. The molecule has 0 aromatic rings. The fourth-order valence-electron chi connectivity index (χ4n) is 0. The molecule has 0 aromatic heterocycles. The third-order valence-electron chi connectivity index (χ3n) is 0. The summed E-state index contributed by atoms with van der Waals surface area (Å²) in [6.45, 7) is 0. The van der Waals surface area contributed by atoms with E-state index in [9.17, 15) is 0 Å². The summed E-state index contributed by atoms with van der Waals surface area (Å²) in [7, 11) is 0. The van der Waals surface area contributed by atoms with Gasteiger partial charge in [0.25, 0.3) is 0 Å². The minimum Gasteiger partial charge on any atom is -0.412 e. The van der Waals surface area contributed by atoms with E-state index in [1.807, 2.05) is 0 Å². The van der Waals surface area contributed by atoms with Crippen LogP contribution in [0, 0.1) is 0 Å². The smallest absolute Gasteiger partial charge is 0.316 e. The molecule has 92 valence electrons. The molecule has 20 N–H and O–H groups in total. The maximum atomic E-state index is 0. The van der Waals surface area contributed by atoms with Crippen LogP contribution in [0.5, 0.6) is 0 Å². The summed E-state index contributed by atoms with van der Waals surface area (Å²) in [5.41, 5.74) is 0. The second-order valence-corrected chi connectivity index (χ2v) is 0. The lowest BCUT2D eigenvalue weighted by Crippen LogP contribution is -0.381. The zero-order chi connectivity index (χ0) is 0. The fraction of sp³-hybridized carbons (Fsp3) is 0. The number of halogens is 1. The highest BCUT2D eigenvalue weighted by Gasteiger charge is 0.316. The molecule has 0 fully saturated rings. The molecule has 0 aliphatic heterocycles. The normalized spacial score (nSPS) is 0. The molecule has 0 heterocycles. The van der Waals surface area contributed by atoms with Crippen molar-refractivity contribution in [1.82, 2.24) is 0 Å². The maximum Gasteiger partial charge on any atom is 0.316 e. The highest BCUT2D eigenvalue weighted by Crippen LogP contribution is 0.690. The monoisotopic (exact) mass is 242 g/mol. The lowest BCUT2D eigenvalue weighted by atomic mass is 16.0. The quantitative estimate of drug-likeness (QED) is 0.357. The van der Waals surface area contributed by atoms with Crippen LogP contribution >= 0.6 is 12.4 Å². The zero-order valence-corrected chi connectivity index (χ0v) is 6.22. The van der Waals surface area contributed by atoms with Crippen LogP contribution in [0.15, 0.2) is 0 Å². The lowest BCUT2D eigenvalue weighted by molar-refractivity contribution is 0.823. The van der Waals surface area contributed by atoms with Crippen molar-refractivity contribution in [3.05, 3.63) is 0 Å². The van der Waals surface area contributed by atoms with Gasteiger partial charge in [-0.3, -0.25) is 0 Å². The van der Waals surface area contributed by atoms with Gasteiger partial charge in [-0.25, -0.2) is 0 Å². The Labute approximate surface area is 90.6 Å². The molecule has 0 amide bonds. The van der Waals surface area contributed by atoms with Gasteiger partial charge in [0.15, 0.2) is 0 Å². The molecule has 0 rings (SSSR count). The molecular formula is H23ClMgO10. The average molecular weight is 243 g/mol. The van der Waals surface area contributed by atoms with Gasteiger partial charge in [-0.05, 0) is 0 Å². The Kier molecular flexibility index (Phi) is 1020000. The summed E-state index contributed by atoms with van der Waals surface area (Å²) in [6, 6.07) is 0. The molecule has 0 aliphatic rings. The van der Waals surface area contributed by atoms with Crippen molar-refractivity contribution in [3.8, 4) is 0 Å². The fourth-order valence-corrected chi connectivity index (χ4v) is 0. The van der Waals surface area contributed by atoms with Crippen molar-refractivity contribution in [2.75, 3.05) is 0 Å². The highest BCUT2D eigenvalue weighted by atomic mass is 35.5. The Balaban J connectivity index is 0.